The molecule has 0 aliphatic carbocycles. The van der Waals surface area contributed by atoms with Gasteiger partial charge >= 0.3 is 0 Å². The minimum absolute atomic E-state index is 0.142. The average Bonchev–Trinajstić information content (AvgIpc) is 3.16. The standard InChI is InChI=1S/C28H31N3O3/c1-3-27-15-29-17-28(4-2,26(27)34)18-30(16-27)24(29)20-10-12-21(13-11-20)31-23(32)14-22(25(31)33)19-8-6-5-7-9-19/h5-13,22,24H,3-4,14-18H2,1-2H3. The second-order valence-electron chi connectivity index (χ2n) is 10.6. The van der Waals surface area contributed by atoms with Crippen LogP contribution in [-0.4, -0.2) is 53.6 Å². The number of anilines is 1. The van der Waals surface area contributed by atoms with Crippen LogP contribution in [0.3, 0.4) is 0 Å². The lowest BCUT2D eigenvalue weighted by atomic mass is 9.58. The summed E-state index contributed by atoms with van der Waals surface area (Å²) in [5, 5.41) is 0. The van der Waals surface area contributed by atoms with Crippen LogP contribution in [0.2, 0.25) is 0 Å². The van der Waals surface area contributed by atoms with Crippen LogP contribution in [0.5, 0.6) is 0 Å². The molecule has 2 amide bonds. The van der Waals surface area contributed by atoms with Crippen molar-refractivity contribution in [3.63, 3.8) is 0 Å². The van der Waals surface area contributed by atoms with Gasteiger partial charge in [0.25, 0.3) is 0 Å². The number of ketones is 1. The van der Waals surface area contributed by atoms with E-state index in [1.807, 2.05) is 42.5 Å². The fourth-order valence-electron chi connectivity index (χ4n) is 7.03. The molecule has 6 heteroatoms. The molecule has 7 rings (SSSR count). The molecule has 176 valence electrons. The van der Waals surface area contributed by atoms with E-state index >= 15 is 0 Å². The zero-order valence-corrected chi connectivity index (χ0v) is 19.9. The molecule has 4 bridgehead atoms. The van der Waals surface area contributed by atoms with Gasteiger partial charge in [0.1, 0.15) is 5.78 Å². The number of benzene rings is 2. The van der Waals surface area contributed by atoms with E-state index < -0.39 is 5.92 Å². The number of carbonyl (C=O) groups excluding carboxylic acids is 3. The Hall–Kier alpha value is -2.83. The van der Waals surface area contributed by atoms with E-state index in [9.17, 15) is 14.4 Å². The maximum Gasteiger partial charge on any atom is 0.241 e. The molecule has 0 N–H and O–H groups in total. The van der Waals surface area contributed by atoms with E-state index in [0.717, 1.165) is 50.1 Å². The minimum Gasteiger partial charge on any atom is -0.298 e. The molecule has 5 saturated heterocycles. The summed E-state index contributed by atoms with van der Waals surface area (Å²) in [6.07, 6.45) is 2.12. The number of hydrogen-bond acceptors (Lipinski definition) is 5. The van der Waals surface area contributed by atoms with E-state index in [4.69, 9.17) is 0 Å². The summed E-state index contributed by atoms with van der Waals surface area (Å²) in [6.45, 7) is 7.55. The van der Waals surface area contributed by atoms with Crippen molar-refractivity contribution in [2.75, 3.05) is 31.1 Å². The van der Waals surface area contributed by atoms with Gasteiger partial charge in [0.05, 0.1) is 28.6 Å². The first kappa shape index (κ1) is 21.7. The summed E-state index contributed by atoms with van der Waals surface area (Å²) < 4.78 is 0. The van der Waals surface area contributed by atoms with Gasteiger partial charge in [-0.05, 0) is 36.1 Å². The Morgan fingerprint density at radius 1 is 0.765 bits per heavy atom. The summed E-state index contributed by atoms with van der Waals surface area (Å²) in [4.78, 5) is 45.6. The molecule has 5 aliphatic rings. The summed E-state index contributed by atoms with van der Waals surface area (Å²) >= 11 is 0. The summed E-state index contributed by atoms with van der Waals surface area (Å²) in [5.41, 5.74) is 2.19. The van der Waals surface area contributed by atoms with Crippen molar-refractivity contribution >= 4 is 23.3 Å². The number of carbonyl (C=O) groups is 3. The third kappa shape index (κ3) is 2.91. The molecule has 0 saturated carbocycles. The monoisotopic (exact) mass is 457 g/mol. The number of imide groups is 1. The highest BCUT2D eigenvalue weighted by Crippen LogP contribution is 2.54. The van der Waals surface area contributed by atoms with Gasteiger partial charge in [-0.1, -0.05) is 56.3 Å². The smallest absolute Gasteiger partial charge is 0.241 e. The molecule has 1 atom stereocenters. The van der Waals surface area contributed by atoms with Crippen LogP contribution < -0.4 is 4.90 Å². The molecule has 34 heavy (non-hydrogen) atoms. The van der Waals surface area contributed by atoms with Crippen LogP contribution in [0.1, 0.15) is 56.3 Å². The van der Waals surface area contributed by atoms with E-state index in [2.05, 4.69) is 35.8 Å². The highest BCUT2D eigenvalue weighted by atomic mass is 16.2. The molecule has 0 spiro atoms. The van der Waals surface area contributed by atoms with Gasteiger partial charge in [-0.3, -0.25) is 29.1 Å². The topological polar surface area (TPSA) is 60.9 Å². The molecule has 5 heterocycles. The van der Waals surface area contributed by atoms with Gasteiger partial charge in [0.2, 0.25) is 11.8 Å². The number of Topliss-reactive ketones (excluding diaryl/α,β-unsaturated/α-hetero) is 1. The Kier molecular flexibility index (Phi) is 4.84. The number of piperidine rings is 2. The lowest BCUT2D eigenvalue weighted by Crippen LogP contribution is -2.76. The maximum absolute atomic E-state index is 13.4. The molecular formula is C28H31N3O3. The van der Waals surface area contributed by atoms with Gasteiger partial charge in [-0.15, -0.1) is 0 Å². The van der Waals surface area contributed by atoms with Crippen molar-refractivity contribution < 1.29 is 14.4 Å². The average molecular weight is 458 g/mol. The zero-order valence-electron chi connectivity index (χ0n) is 19.9. The van der Waals surface area contributed by atoms with Crippen molar-refractivity contribution in [3.8, 4) is 0 Å². The van der Waals surface area contributed by atoms with Crippen LogP contribution in [0.25, 0.3) is 0 Å². The van der Waals surface area contributed by atoms with Crippen LogP contribution in [0, 0.1) is 10.8 Å². The fourth-order valence-corrected chi connectivity index (χ4v) is 7.03. The molecule has 2 aromatic carbocycles. The van der Waals surface area contributed by atoms with Gasteiger partial charge in [-0.2, -0.15) is 0 Å². The lowest BCUT2D eigenvalue weighted by molar-refractivity contribution is -0.204. The van der Waals surface area contributed by atoms with Crippen LogP contribution in [-0.2, 0) is 14.4 Å². The molecule has 5 fully saturated rings. The zero-order chi connectivity index (χ0) is 23.7. The Labute approximate surface area is 200 Å². The van der Waals surface area contributed by atoms with Gasteiger partial charge in [0.15, 0.2) is 0 Å². The van der Waals surface area contributed by atoms with E-state index in [-0.39, 0.29) is 35.2 Å². The Bertz CT molecular complexity index is 1120. The van der Waals surface area contributed by atoms with Crippen molar-refractivity contribution in [2.45, 2.75) is 45.2 Å². The van der Waals surface area contributed by atoms with Gasteiger partial charge in [-0.25, -0.2) is 0 Å². The normalized spacial score (nSPS) is 36.5. The second-order valence-corrected chi connectivity index (χ2v) is 10.6. The van der Waals surface area contributed by atoms with Gasteiger partial charge < -0.3 is 0 Å². The highest BCUT2D eigenvalue weighted by Gasteiger charge is 2.64. The minimum atomic E-state index is -0.414. The fraction of sp³-hybridized carbons (Fsp3) is 0.464. The van der Waals surface area contributed by atoms with Crippen molar-refractivity contribution in [1.82, 2.24) is 9.80 Å². The van der Waals surface area contributed by atoms with Crippen LogP contribution in [0.4, 0.5) is 5.69 Å². The molecular weight excluding hydrogens is 426 g/mol. The van der Waals surface area contributed by atoms with E-state index in [1.165, 1.54) is 4.90 Å². The van der Waals surface area contributed by atoms with E-state index in [1.54, 1.807) is 0 Å². The van der Waals surface area contributed by atoms with Gasteiger partial charge in [0, 0.05) is 32.6 Å². The third-order valence-corrected chi connectivity index (χ3v) is 8.83. The van der Waals surface area contributed by atoms with Crippen LogP contribution >= 0.6 is 0 Å². The van der Waals surface area contributed by atoms with Crippen molar-refractivity contribution in [3.05, 3.63) is 65.7 Å². The number of hydrogen-bond donors (Lipinski definition) is 0. The van der Waals surface area contributed by atoms with Crippen molar-refractivity contribution in [2.24, 2.45) is 10.8 Å². The maximum atomic E-state index is 13.4. The second kappa shape index (κ2) is 7.59. The quantitative estimate of drug-likeness (QED) is 0.640. The predicted octanol–water partition coefficient (Wildman–Crippen LogP) is 3.74. The molecule has 6 nitrogen and oxygen atoms in total. The largest absolute Gasteiger partial charge is 0.298 e. The summed E-state index contributed by atoms with van der Waals surface area (Å²) in [5.74, 6) is -0.241. The third-order valence-electron chi connectivity index (χ3n) is 8.83. The Morgan fingerprint density at radius 2 is 1.32 bits per heavy atom. The molecule has 5 aliphatic heterocycles. The SMILES string of the molecule is CCC12CN3CC(CC)(CN(C1)C3c1ccc(N3C(=O)CC(c4ccccc4)C3=O)cc1)C2=O. The van der Waals surface area contributed by atoms with E-state index in [0.29, 0.717) is 11.5 Å². The summed E-state index contributed by atoms with van der Waals surface area (Å²) in [7, 11) is 0. The molecule has 1 unspecified atom stereocenters. The predicted molar refractivity (Wildman–Crippen MR) is 129 cm³/mol. The van der Waals surface area contributed by atoms with Crippen LogP contribution in [0.15, 0.2) is 54.6 Å². The molecule has 2 aromatic rings. The molecule has 0 radical (unpaired) electrons. The first-order valence-corrected chi connectivity index (χ1v) is 12.5. The first-order chi connectivity index (χ1) is 16.4. The number of nitrogens with zero attached hydrogens (tertiary/aromatic N) is 3. The Morgan fingerprint density at radius 3 is 1.85 bits per heavy atom. The van der Waals surface area contributed by atoms with Crippen molar-refractivity contribution in [1.29, 1.82) is 0 Å². The Balaban J connectivity index is 1.26. The molecule has 0 aromatic heterocycles. The number of amides is 2. The summed E-state index contributed by atoms with van der Waals surface area (Å²) in [6, 6.07) is 17.5. The lowest BCUT2D eigenvalue weighted by Gasteiger charge is -2.66. The number of rotatable bonds is 5. The highest BCUT2D eigenvalue weighted by molar-refractivity contribution is 6.22. The first-order valence-electron chi connectivity index (χ1n) is 12.5.